The quantitative estimate of drug-likeness (QED) is 0.309. The number of Topliss-reactive ketones (excluding diaryl/α,β-unsaturated/α-hetero) is 1. The summed E-state index contributed by atoms with van der Waals surface area (Å²) in [6.07, 6.45) is 0.763. The van der Waals surface area contributed by atoms with Gasteiger partial charge in [0.2, 0.25) is 0 Å². The molecule has 168 valence electrons. The van der Waals surface area contributed by atoms with Crippen molar-refractivity contribution in [2.24, 2.45) is 7.05 Å². The van der Waals surface area contributed by atoms with Gasteiger partial charge in [-0.2, -0.15) is 5.10 Å². The van der Waals surface area contributed by atoms with Gasteiger partial charge in [0.15, 0.2) is 5.78 Å². The van der Waals surface area contributed by atoms with Gasteiger partial charge in [-0.3, -0.25) is 9.48 Å². The van der Waals surface area contributed by atoms with Crippen LogP contribution in [0, 0.1) is 0 Å². The second-order valence-electron chi connectivity index (χ2n) is 7.67. The highest BCUT2D eigenvalue weighted by atomic mass is 16.5. The molecule has 0 bridgehead atoms. The van der Waals surface area contributed by atoms with Crippen molar-refractivity contribution in [3.8, 4) is 11.3 Å². The molecular weight excluding hydrogens is 422 g/mol. The largest absolute Gasteiger partial charge is 0.478 e. The molecule has 0 atom stereocenters. The summed E-state index contributed by atoms with van der Waals surface area (Å²) in [4.78, 5) is 38.7. The van der Waals surface area contributed by atoms with Crippen LogP contribution < -0.4 is 0 Å². The van der Waals surface area contributed by atoms with E-state index in [1.807, 2.05) is 18.2 Å². The Kier molecular flexibility index (Phi) is 6.08. The third kappa shape index (κ3) is 4.69. The summed E-state index contributed by atoms with van der Waals surface area (Å²) in [6.45, 7) is 2.06. The van der Waals surface area contributed by atoms with E-state index in [2.05, 4.69) is 10.1 Å². The molecule has 0 aliphatic rings. The number of ether oxygens (including phenoxy) is 1. The van der Waals surface area contributed by atoms with Crippen molar-refractivity contribution in [1.82, 2.24) is 14.8 Å². The molecule has 8 nitrogen and oxygen atoms in total. The minimum absolute atomic E-state index is 0.0912. The number of hydrogen-bond acceptors (Lipinski definition) is 5. The summed E-state index contributed by atoms with van der Waals surface area (Å²) in [6, 6.07) is 15.7. The van der Waals surface area contributed by atoms with Crippen LogP contribution >= 0.6 is 0 Å². The highest BCUT2D eigenvalue weighted by molar-refractivity contribution is 5.97. The van der Waals surface area contributed by atoms with Gasteiger partial charge in [-0.25, -0.2) is 9.59 Å². The number of rotatable bonds is 8. The van der Waals surface area contributed by atoms with E-state index in [1.165, 1.54) is 12.1 Å². The van der Waals surface area contributed by atoms with E-state index in [0.717, 1.165) is 27.7 Å². The van der Waals surface area contributed by atoms with Gasteiger partial charge in [0.05, 0.1) is 17.9 Å². The van der Waals surface area contributed by atoms with E-state index in [4.69, 9.17) is 9.84 Å². The number of aromatic nitrogens is 3. The Balaban J connectivity index is 1.50. The first-order chi connectivity index (χ1) is 15.9. The zero-order valence-corrected chi connectivity index (χ0v) is 18.3. The molecule has 0 amide bonds. The van der Waals surface area contributed by atoms with Gasteiger partial charge < -0.3 is 14.8 Å². The third-order valence-electron chi connectivity index (χ3n) is 5.42. The maximum absolute atomic E-state index is 12.7. The van der Waals surface area contributed by atoms with Crippen molar-refractivity contribution in [2.45, 2.75) is 19.8 Å². The first-order valence-electron chi connectivity index (χ1n) is 10.6. The number of carbonyl (C=O) groups excluding carboxylic acids is 2. The van der Waals surface area contributed by atoms with Crippen LogP contribution in [0.3, 0.4) is 0 Å². The number of carboxylic acid groups (broad SMARTS) is 1. The Morgan fingerprint density at radius 2 is 1.82 bits per heavy atom. The van der Waals surface area contributed by atoms with Crippen LogP contribution in [0.1, 0.15) is 50.2 Å². The van der Waals surface area contributed by atoms with E-state index in [-0.39, 0.29) is 17.8 Å². The summed E-state index contributed by atoms with van der Waals surface area (Å²) < 4.78 is 6.71. The minimum atomic E-state index is -0.978. The van der Waals surface area contributed by atoms with Crippen LogP contribution in [0.2, 0.25) is 0 Å². The average molecular weight is 445 g/mol. The fourth-order valence-electron chi connectivity index (χ4n) is 3.68. The molecule has 0 aliphatic heterocycles. The zero-order chi connectivity index (χ0) is 23.5. The molecule has 0 aliphatic carbocycles. The first-order valence-corrected chi connectivity index (χ1v) is 10.6. The van der Waals surface area contributed by atoms with Crippen molar-refractivity contribution in [2.75, 3.05) is 6.61 Å². The Morgan fingerprint density at radius 3 is 2.52 bits per heavy atom. The smallest absolute Gasteiger partial charge is 0.354 e. The molecule has 2 heterocycles. The van der Waals surface area contributed by atoms with Crippen LogP contribution in [0.4, 0.5) is 0 Å². The number of nitrogens with one attached hydrogen (secondary N) is 1. The average Bonchev–Trinajstić information content (AvgIpc) is 3.41. The van der Waals surface area contributed by atoms with Crippen molar-refractivity contribution >= 4 is 28.6 Å². The zero-order valence-electron chi connectivity index (χ0n) is 18.3. The molecule has 0 spiro atoms. The van der Waals surface area contributed by atoms with Gasteiger partial charge in [0.25, 0.3) is 0 Å². The van der Waals surface area contributed by atoms with Crippen LogP contribution in [0.5, 0.6) is 0 Å². The van der Waals surface area contributed by atoms with Crippen LogP contribution in [-0.4, -0.2) is 44.2 Å². The summed E-state index contributed by atoms with van der Waals surface area (Å²) >= 11 is 0. The Bertz CT molecular complexity index is 1350. The van der Waals surface area contributed by atoms with E-state index in [9.17, 15) is 14.4 Å². The standard InChI is InChI=1S/C25H23N3O5/c1-3-33-25(32)21-13-18-12-17(9-10-19(18)26-21)22-14-20(27-28(22)2)23(29)11-6-15-4-7-16(8-5-15)24(30)31/h4-5,7-10,12-14,26H,3,6,11H2,1-2H3,(H,30,31). The molecule has 0 radical (unpaired) electrons. The number of ketones is 1. The molecule has 2 N–H and O–H groups in total. The van der Waals surface area contributed by atoms with Crippen molar-refractivity contribution in [1.29, 1.82) is 0 Å². The van der Waals surface area contributed by atoms with E-state index in [0.29, 0.717) is 24.4 Å². The van der Waals surface area contributed by atoms with Crippen molar-refractivity contribution in [3.63, 3.8) is 0 Å². The topological polar surface area (TPSA) is 114 Å². The van der Waals surface area contributed by atoms with E-state index >= 15 is 0 Å². The number of aryl methyl sites for hydroxylation is 2. The number of aromatic carboxylic acids is 1. The Morgan fingerprint density at radius 1 is 1.06 bits per heavy atom. The number of H-pyrrole nitrogens is 1. The fraction of sp³-hybridized carbons (Fsp3) is 0.200. The lowest BCUT2D eigenvalue weighted by Gasteiger charge is -2.01. The fourth-order valence-corrected chi connectivity index (χ4v) is 3.68. The van der Waals surface area contributed by atoms with Crippen molar-refractivity contribution in [3.05, 3.63) is 77.1 Å². The molecule has 2 aromatic carbocycles. The van der Waals surface area contributed by atoms with Gasteiger partial charge in [0, 0.05) is 29.9 Å². The molecule has 0 saturated carbocycles. The Hall–Kier alpha value is -4.20. The van der Waals surface area contributed by atoms with E-state index in [1.54, 1.807) is 42.9 Å². The number of esters is 1. The number of aromatic amines is 1. The lowest BCUT2D eigenvalue weighted by Crippen LogP contribution is -2.04. The normalized spacial score (nSPS) is 11.0. The van der Waals surface area contributed by atoms with Gasteiger partial charge in [0.1, 0.15) is 11.4 Å². The maximum atomic E-state index is 12.7. The first kappa shape index (κ1) is 22.0. The minimum Gasteiger partial charge on any atom is -0.478 e. The summed E-state index contributed by atoms with van der Waals surface area (Å²) in [5.41, 5.74) is 4.33. The molecule has 0 saturated heterocycles. The summed E-state index contributed by atoms with van der Waals surface area (Å²) in [7, 11) is 1.78. The highest BCUT2D eigenvalue weighted by Gasteiger charge is 2.16. The molecule has 0 fully saturated rings. The molecule has 4 aromatic rings. The SMILES string of the molecule is CCOC(=O)c1cc2cc(-c3cc(C(=O)CCc4ccc(C(=O)O)cc4)nn3C)ccc2[nH]1. The number of carboxylic acids is 1. The van der Waals surface area contributed by atoms with Gasteiger partial charge in [-0.05, 0) is 55.3 Å². The lowest BCUT2D eigenvalue weighted by molar-refractivity contribution is 0.0520. The number of carbonyl (C=O) groups is 3. The number of benzene rings is 2. The predicted octanol–water partition coefficient (Wildman–Crippen LogP) is 4.26. The molecule has 4 rings (SSSR count). The van der Waals surface area contributed by atoms with Crippen LogP contribution in [0.15, 0.2) is 54.6 Å². The predicted molar refractivity (Wildman–Crippen MR) is 123 cm³/mol. The molecule has 8 heteroatoms. The van der Waals surface area contributed by atoms with Gasteiger partial charge in [-0.1, -0.05) is 18.2 Å². The summed E-state index contributed by atoms with van der Waals surface area (Å²) in [5.74, 6) is -1.47. The highest BCUT2D eigenvalue weighted by Crippen LogP contribution is 2.26. The number of hydrogen-bond donors (Lipinski definition) is 2. The Labute approximate surface area is 189 Å². The van der Waals surface area contributed by atoms with Crippen molar-refractivity contribution < 1.29 is 24.2 Å². The van der Waals surface area contributed by atoms with E-state index < -0.39 is 11.9 Å². The maximum Gasteiger partial charge on any atom is 0.354 e. The monoisotopic (exact) mass is 445 g/mol. The molecule has 33 heavy (non-hydrogen) atoms. The lowest BCUT2D eigenvalue weighted by atomic mass is 10.0. The number of fused-ring (bicyclic) bond motifs is 1. The second kappa shape index (κ2) is 9.12. The van der Waals surface area contributed by atoms with Crippen LogP contribution in [-0.2, 0) is 18.2 Å². The molecule has 0 unspecified atom stereocenters. The summed E-state index contributed by atoms with van der Waals surface area (Å²) in [5, 5.41) is 14.2. The second-order valence-corrected chi connectivity index (χ2v) is 7.67. The third-order valence-corrected chi connectivity index (χ3v) is 5.42. The molecule has 2 aromatic heterocycles. The van der Waals surface area contributed by atoms with Gasteiger partial charge >= 0.3 is 11.9 Å². The van der Waals surface area contributed by atoms with Crippen LogP contribution in [0.25, 0.3) is 22.2 Å². The molecular formula is C25H23N3O5. The number of nitrogens with zero attached hydrogens (tertiary/aromatic N) is 2. The van der Waals surface area contributed by atoms with Gasteiger partial charge in [-0.15, -0.1) is 0 Å².